The summed E-state index contributed by atoms with van der Waals surface area (Å²) in [4.78, 5) is 20.0. The van der Waals surface area contributed by atoms with Crippen LogP contribution in [0.2, 0.25) is 0 Å². The van der Waals surface area contributed by atoms with Crippen LogP contribution in [0, 0.1) is 5.92 Å². The van der Waals surface area contributed by atoms with E-state index in [4.69, 9.17) is 4.98 Å². The average molecular weight is 605 g/mol. The summed E-state index contributed by atoms with van der Waals surface area (Å²) in [6.45, 7) is 5.47. The van der Waals surface area contributed by atoms with Crippen molar-refractivity contribution in [2.45, 2.75) is 38.5 Å². The molecule has 1 saturated heterocycles. The number of pyridine rings is 1. The molecule has 0 aliphatic carbocycles. The van der Waals surface area contributed by atoms with Crippen molar-refractivity contribution in [1.29, 1.82) is 0 Å². The second kappa shape index (κ2) is 11.2. The highest BCUT2D eigenvalue weighted by atomic mass is 32.2. The third-order valence-electron chi connectivity index (χ3n) is 7.31. The summed E-state index contributed by atoms with van der Waals surface area (Å²) >= 11 is 1.33. The molecule has 41 heavy (non-hydrogen) atoms. The Morgan fingerprint density at radius 2 is 1.85 bits per heavy atom. The number of nitrogens with zero attached hydrogens (tertiary/aromatic N) is 5. The van der Waals surface area contributed by atoms with Crippen molar-refractivity contribution < 1.29 is 21.6 Å². The Labute approximate surface area is 241 Å². The fourth-order valence-corrected chi connectivity index (χ4v) is 6.77. The topological polar surface area (TPSA) is 101 Å². The van der Waals surface area contributed by atoms with Crippen LogP contribution in [0.25, 0.3) is 21.5 Å². The van der Waals surface area contributed by atoms with Gasteiger partial charge in [0, 0.05) is 54.3 Å². The van der Waals surface area contributed by atoms with Crippen molar-refractivity contribution in [3.05, 3.63) is 54.1 Å². The predicted octanol–water partition coefficient (Wildman–Crippen LogP) is 5.99. The van der Waals surface area contributed by atoms with E-state index in [0.29, 0.717) is 34.6 Å². The minimum absolute atomic E-state index is 0.0114. The van der Waals surface area contributed by atoms with Crippen LogP contribution in [0.5, 0.6) is 0 Å². The van der Waals surface area contributed by atoms with E-state index in [2.05, 4.69) is 51.1 Å². The first kappa shape index (κ1) is 29.2. The lowest BCUT2D eigenvalue weighted by molar-refractivity contribution is 0.0415. The molecule has 0 radical (unpaired) electrons. The summed E-state index contributed by atoms with van der Waals surface area (Å²) in [5.41, 5.74) is 1.53. The van der Waals surface area contributed by atoms with Gasteiger partial charge in [-0.2, -0.15) is 0 Å². The number of rotatable bonds is 10. The van der Waals surface area contributed by atoms with Gasteiger partial charge in [0.25, 0.3) is 6.43 Å². The summed E-state index contributed by atoms with van der Waals surface area (Å²) in [6, 6.07) is 7.14. The molecule has 3 aromatic heterocycles. The lowest BCUT2D eigenvalue weighted by Gasteiger charge is -2.41. The van der Waals surface area contributed by atoms with Crippen molar-refractivity contribution in [2.75, 3.05) is 42.0 Å². The standard InChI is InChI=1S/C28H31F3N6O2S2/c1-16(2)19-6-7-21(37-12-17(13-37)14-41(4,38)39)20-10-34-27(36-24(19)20)35-23-11-33-25(40-23)18-5-8-22(32-9-18)28(3,15-29)26(30)31/h5-11,16-17,26H,12-15H2,1-4H3,(H,34,35,36). The molecule has 1 aliphatic rings. The van der Waals surface area contributed by atoms with Crippen molar-refractivity contribution >= 4 is 48.7 Å². The van der Waals surface area contributed by atoms with Gasteiger partial charge in [-0.15, -0.1) is 0 Å². The lowest BCUT2D eigenvalue weighted by Crippen LogP contribution is -2.49. The zero-order valence-corrected chi connectivity index (χ0v) is 24.7. The zero-order valence-electron chi connectivity index (χ0n) is 23.1. The van der Waals surface area contributed by atoms with E-state index in [9.17, 15) is 21.6 Å². The van der Waals surface area contributed by atoms with Gasteiger partial charge in [0.2, 0.25) is 5.95 Å². The molecule has 0 amide bonds. The maximum Gasteiger partial charge on any atom is 0.251 e. The maximum absolute atomic E-state index is 13.4. The second-order valence-electron chi connectivity index (χ2n) is 11.1. The Morgan fingerprint density at radius 3 is 2.46 bits per heavy atom. The normalized spacial score (nSPS) is 15.9. The number of fused-ring (bicyclic) bond motifs is 1. The number of anilines is 3. The molecule has 4 aromatic rings. The summed E-state index contributed by atoms with van der Waals surface area (Å²) in [7, 11) is -3.02. The summed E-state index contributed by atoms with van der Waals surface area (Å²) in [5, 5.41) is 5.40. The molecular formula is C28H31F3N6O2S2. The molecule has 0 bridgehead atoms. The molecule has 8 nitrogen and oxygen atoms in total. The minimum atomic E-state index is -3.02. The van der Waals surface area contributed by atoms with Crippen LogP contribution in [-0.2, 0) is 15.3 Å². The maximum atomic E-state index is 13.4. The van der Waals surface area contributed by atoms with E-state index in [1.54, 1.807) is 18.5 Å². The number of nitrogens with one attached hydrogen (secondary N) is 1. The number of thiazole rings is 1. The monoisotopic (exact) mass is 604 g/mol. The Morgan fingerprint density at radius 1 is 1.10 bits per heavy atom. The fourth-order valence-electron chi connectivity index (χ4n) is 4.90. The van der Waals surface area contributed by atoms with Crippen LogP contribution >= 0.6 is 11.3 Å². The van der Waals surface area contributed by atoms with Crippen molar-refractivity contribution in [1.82, 2.24) is 19.9 Å². The van der Waals surface area contributed by atoms with E-state index in [0.717, 1.165) is 29.1 Å². The molecule has 1 aliphatic heterocycles. The molecule has 1 fully saturated rings. The van der Waals surface area contributed by atoms with Gasteiger partial charge in [0.1, 0.15) is 26.5 Å². The van der Waals surface area contributed by atoms with Gasteiger partial charge >= 0.3 is 0 Å². The van der Waals surface area contributed by atoms with Gasteiger partial charge < -0.3 is 10.2 Å². The van der Waals surface area contributed by atoms with Gasteiger partial charge in [-0.3, -0.25) is 4.98 Å². The van der Waals surface area contributed by atoms with Gasteiger partial charge in [0.05, 0.1) is 28.6 Å². The quantitative estimate of drug-likeness (QED) is 0.236. The van der Waals surface area contributed by atoms with E-state index in [1.165, 1.54) is 29.9 Å². The molecule has 0 spiro atoms. The molecule has 0 saturated carbocycles. The minimum Gasteiger partial charge on any atom is -0.370 e. The molecule has 1 aromatic carbocycles. The van der Waals surface area contributed by atoms with Gasteiger partial charge in [0.15, 0.2) is 0 Å². The van der Waals surface area contributed by atoms with Gasteiger partial charge in [-0.05, 0) is 36.6 Å². The van der Waals surface area contributed by atoms with E-state index >= 15 is 0 Å². The average Bonchev–Trinajstić information content (AvgIpc) is 3.37. The fraction of sp³-hybridized carbons (Fsp3) is 0.429. The van der Waals surface area contributed by atoms with E-state index in [-0.39, 0.29) is 23.3 Å². The number of alkyl halides is 3. The molecule has 218 valence electrons. The smallest absolute Gasteiger partial charge is 0.251 e. The molecule has 1 unspecified atom stereocenters. The summed E-state index contributed by atoms with van der Waals surface area (Å²) in [6.07, 6.45) is 3.23. The highest BCUT2D eigenvalue weighted by Gasteiger charge is 2.38. The predicted molar refractivity (Wildman–Crippen MR) is 157 cm³/mol. The number of hydrogen-bond donors (Lipinski definition) is 1. The molecular weight excluding hydrogens is 573 g/mol. The Kier molecular flexibility index (Phi) is 7.94. The van der Waals surface area contributed by atoms with Crippen molar-refractivity contribution in [3.8, 4) is 10.6 Å². The van der Waals surface area contributed by atoms with E-state index in [1.807, 2.05) is 0 Å². The number of aromatic nitrogens is 4. The highest BCUT2D eigenvalue weighted by Crippen LogP contribution is 2.37. The van der Waals surface area contributed by atoms with E-state index < -0.39 is 28.4 Å². The molecule has 5 rings (SSSR count). The van der Waals surface area contributed by atoms with Crippen LogP contribution in [-0.4, -0.2) is 66.6 Å². The Hall–Kier alpha value is -3.32. The van der Waals surface area contributed by atoms with Gasteiger partial charge in [-0.1, -0.05) is 31.3 Å². The first-order valence-corrected chi connectivity index (χ1v) is 16.0. The highest BCUT2D eigenvalue weighted by molar-refractivity contribution is 7.90. The summed E-state index contributed by atoms with van der Waals surface area (Å²) < 4.78 is 63.5. The second-order valence-corrected chi connectivity index (χ2v) is 14.3. The number of sulfone groups is 1. The third-order valence-corrected chi connectivity index (χ3v) is 9.35. The number of benzene rings is 1. The number of halogens is 3. The first-order chi connectivity index (χ1) is 19.4. The van der Waals surface area contributed by atoms with Crippen molar-refractivity contribution in [3.63, 3.8) is 0 Å². The van der Waals surface area contributed by atoms with Crippen LogP contribution in [0.3, 0.4) is 0 Å². The van der Waals surface area contributed by atoms with Gasteiger partial charge in [-0.25, -0.2) is 36.5 Å². The Bertz CT molecular complexity index is 1660. The van der Waals surface area contributed by atoms with Crippen LogP contribution < -0.4 is 10.2 Å². The Balaban J connectivity index is 1.37. The summed E-state index contributed by atoms with van der Waals surface area (Å²) in [5.74, 6) is 0.906. The zero-order chi connectivity index (χ0) is 29.5. The van der Waals surface area contributed by atoms with Crippen LogP contribution in [0.15, 0.2) is 42.9 Å². The first-order valence-electron chi connectivity index (χ1n) is 13.1. The molecule has 1 atom stereocenters. The van der Waals surface area contributed by atoms with Crippen LogP contribution in [0.4, 0.5) is 29.8 Å². The third kappa shape index (κ3) is 6.01. The molecule has 4 heterocycles. The van der Waals surface area contributed by atoms with Crippen LogP contribution in [0.1, 0.15) is 37.9 Å². The number of hydrogen-bond acceptors (Lipinski definition) is 9. The lowest BCUT2D eigenvalue weighted by atomic mass is 9.88. The molecule has 13 heteroatoms. The SMILES string of the molecule is CC(C)c1ccc(N2CC(CS(C)(=O)=O)C2)c2cnc(Nc3cnc(-c4ccc(C(C)(CF)C(F)F)nc4)s3)nc12. The van der Waals surface area contributed by atoms with Crippen molar-refractivity contribution in [2.24, 2.45) is 5.92 Å². The molecule has 1 N–H and O–H groups in total. The largest absolute Gasteiger partial charge is 0.370 e.